The van der Waals surface area contributed by atoms with E-state index in [0.29, 0.717) is 23.9 Å². The lowest BCUT2D eigenvalue weighted by atomic mass is 10.1. The summed E-state index contributed by atoms with van der Waals surface area (Å²) in [4.78, 5) is 11.2. The highest BCUT2D eigenvalue weighted by Gasteiger charge is 2.11. The normalized spacial score (nSPS) is 10.1. The van der Waals surface area contributed by atoms with E-state index in [1.54, 1.807) is 30.3 Å². The van der Waals surface area contributed by atoms with Gasteiger partial charge in [0.2, 0.25) is 0 Å². The summed E-state index contributed by atoms with van der Waals surface area (Å²) in [6.07, 6.45) is 0. The number of para-hydroxylation sites is 1. The average Bonchev–Trinajstić information content (AvgIpc) is 2.42. The molecule has 5 nitrogen and oxygen atoms in total. The van der Waals surface area contributed by atoms with Crippen LogP contribution in [0.5, 0.6) is 17.2 Å². The van der Waals surface area contributed by atoms with E-state index < -0.39 is 5.91 Å². The van der Waals surface area contributed by atoms with Gasteiger partial charge in [-0.25, -0.2) is 0 Å². The van der Waals surface area contributed by atoms with Crippen LogP contribution in [0.25, 0.3) is 0 Å². The molecule has 0 spiro atoms. The Hall–Kier alpha value is -2.69. The summed E-state index contributed by atoms with van der Waals surface area (Å²) in [6.45, 7) is 2.48. The van der Waals surface area contributed by atoms with E-state index in [9.17, 15) is 4.79 Å². The highest BCUT2D eigenvalue weighted by molar-refractivity contribution is 5.99. The molecular weight excluding hydrogens is 256 g/mol. The zero-order valence-corrected chi connectivity index (χ0v) is 11.1. The predicted molar refractivity (Wildman–Crippen MR) is 77.1 cm³/mol. The Morgan fingerprint density at radius 1 is 1.15 bits per heavy atom. The molecule has 0 heterocycles. The van der Waals surface area contributed by atoms with E-state index in [2.05, 4.69) is 0 Å². The summed E-state index contributed by atoms with van der Waals surface area (Å²) in [5.41, 5.74) is 11.6. The van der Waals surface area contributed by atoms with E-state index >= 15 is 0 Å². The van der Waals surface area contributed by atoms with Gasteiger partial charge in [0.25, 0.3) is 5.91 Å². The minimum absolute atomic E-state index is 0.224. The van der Waals surface area contributed by atoms with E-state index in [4.69, 9.17) is 20.9 Å². The number of anilines is 1. The van der Waals surface area contributed by atoms with Crippen molar-refractivity contribution >= 4 is 11.6 Å². The molecule has 2 aromatic carbocycles. The molecule has 0 radical (unpaired) electrons. The molecule has 0 aromatic heterocycles. The number of benzene rings is 2. The number of amides is 1. The molecule has 1 amide bonds. The lowest BCUT2D eigenvalue weighted by molar-refractivity contribution is 0.100. The molecule has 20 heavy (non-hydrogen) atoms. The van der Waals surface area contributed by atoms with E-state index in [1.165, 1.54) is 0 Å². The first-order valence-electron chi connectivity index (χ1n) is 6.21. The molecule has 0 saturated carbocycles. The Labute approximate surface area is 117 Å². The Balaban J connectivity index is 2.28. The molecule has 0 aliphatic heterocycles. The van der Waals surface area contributed by atoms with Gasteiger partial charge in [-0.15, -0.1) is 0 Å². The molecule has 104 valence electrons. The molecule has 0 saturated heterocycles. The van der Waals surface area contributed by atoms with E-state index in [-0.39, 0.29) is 11.3 Å². The van der Waals surface area contributed by atoms with E-state index in [0.717, 1.165) is 0 Å². The van der Waals surface area contributed by atoms with Crippen LogP contribution in [0, 0.1) is 0 Å². The maximum Gasteiger partial charge on any atom is 0.250 e. The highest BCUT2D eigenvalue weighted by Crippen LogP contribution is 2.31. The molecule has 0 unspecified atom stereocenters. The summed E-state index contributed by atoms with van der Waals surface area (Å²) >= 11 is 0. The van der Waals surface area contributed by atoms with Crippen molar-refractivity contribution in [2.45, 2.75) is 6.92 Å². The van der Waals surface area contributed by atoms with Crippen molar-refractivity contribution in [1.82, 2.24) is 0 Å². The second kappa shape index (κ2) is 5.97. The lowest BCUT2D eigenvalue weighted by Gasteiger charge is -2.11. The topological polar surface area (TPSA) is 87.6 Å². The molecule has 2 rings (SSSR count). The van der Waals surface area contributed by atoms with Gasteiger partial charge in [-0.1, -0.05) is 12.1 Å². The molecule has 2 aromatic rings. The summed E-state index contributed by atoms with van der Waals surface area (Å²) in [5, 5.41) is 0. The van der Waals surface area contributed by atoms with Gasteiger partial charge in [0.1, 0.15) is 11.5 Å². The first-order chi connectivity index (χ1) is 9.61. The number of rotatable bonds is 5. The number of carbonyl (C=O) groups excluding carboxylic acids is 1. The van der Waals surface area contributed by atoms with Crippen LogP contribution >= 0.6 is 0 Å². The van der Waals surface area contributed by atoms with Crippen LogP contribution in [0.2, 0.25) is 0 Å². The third kappa shape index (κ3) is 3.00. The number of nitrogen functional groups attached to an aromatic ring is 1. The summed E-state index contributed by atoms with van der Waals surface area (Å²) < 4.78 is 11.1. The summed E-state index contributed by atoms with van der Waals surface area (Å²) in [7, 11) is 0. The fourth-order valence-corrected chi connectivity index (χ4v) is 1.77. The van der Waals surface area contributed by atoms with Crippen molar-refractivity contribution in [2.75, 3.05) is 12.3 Å². The van der Waals surface area contributed by atoms with Gasteiger partial charge in [-0.2, -0.15) is 0 Å². The van der Waals surface area contributed by atoms with Gasteiger partial charge in [0.05, 0.1) is 17.9 Å². The number of ether oxygens (including phenoxy) is 2. The maximum atomic E-state index is 11.2. The monoisotopic (exact) mass is 272 g/mol. The van der Waals surface area contributed by atoms with Crippen LogP contribution in [0.1, 0.15) is 17.3 Å². The number of hydrogen-bond donors (Lipinski definition) is 2. The quantitative estimate of drug-likeness (QED) is 0.819. The molecule has 0 aliphatic carbocycles. The molecule has 0 aliphatic rings. The van der Waals surface area contributed by atoms with Crippen LogP contribution in [-0.4, -0.2) is 12.5 Å². The minimum Gasteiger partial charge on any atom is -0.494 e. The summed E-state index contributed by atoms with van der Waals surface area (Å²) in [6, 6.07) is 12.1. The van der Waals surface area contributed by atoms with Gasteiger partial charge in [0, 0.05) is 6.07 Å². The van der Waals surface area contributed by atoms with Gasteiger partial charge >= 0.3 is 0 Å². The van der Waals surface area contributed by atoms with Crippen LogP contribution < -0.4 is 20.9 Å². The predicted octanol–water partition coefficient (Wildman–Crippen LogP) is 2.56. The van der Waals surface area contributed by atoms with Crippen LogP contribution in [0.4, 0.5) is 5.69 Å². The standard InChI is InChI=1S/C15H16N2O3/c1-2-19-10-5-3-6-11(9-10)20-13-8-4-7-12(14(13)16)15(17)18/h3-9H,2,16H2,1H3,(H2,17,18). The Morgan fingerprint density at radius 2 is 1.85 bits per heavy atom. The summed E-state index contributed by atoms with van der Waals surface area (Å²) in [5.74, 6) is 1.07. The van der Waals surface area contributed by atoms with Gasteiger partial charge in [-0.3, -0.25) is 4.79 Å². The molecule has 0 fully saturated rings. The first-order valence-corrected chi connectivity index (χ1v) is 6.21. The third-order valence-corrected chi connectivity index (χ3v) is 2.68. The van der Waals surface area contributed by atoms with Crippen molar-refractivity contribution in [3.05, 3.63) is 48.0 Å². The molecular formula is C15H16N2O3. The molecule has 0 atom stereocenters. The second-order valence-corrected chi connectivity index (χ2v) is 4.09. The Morgan fingerprint density at radius 3 is 2.55 bits per heavy atom. The number of primary amides is 1. The van der Waals surface area contributed by atoms with Crippen LogP contribution in [-0.2, 0) is 0 Å². The third-order valence-electron chi connectivity index (χ3n) is 2.68. The number of carbonyl (C=O) groups is 1. The second-order valence-electron chi connectivity index (χ2n) is 4.09. The SMILES string of the molecule is CCOc1cccc(Oc2cccc(C(N)=O)c2N)c1. The number of hydrogen-bond acceptors (Lipinski definition) is 4. The van der Waals surface area contributed by atoms with Crippen molar-refractivity contribution in [1.29, 1.82) is 0 Å². The lowest BCUT2D eigenvalue weighted by Crippen LogP contribution is -2.13. The zero-order valence-electron chi connectivity index (χ0n) is 11.1. The van der Waals surface area contributed by atoms with Crippen molar-refractivity contribution < 1.29 is 14.3 Å². The maximum absolute atomic E-state index is 11.2. The Bertz CT molecular complexity index is 626. The van der Waals surface area contributed by atoms with Crippen molar-refractivity contribution in [2.24, 2.45) is 5.73 Å². The van der Waals surface area contributed by atoms with Crippen LogP contribution in [0.3, 0.4) is 0 Å². The van der Waals surface area contributed by atoms with E-state index in [1.807, 2.05) is 19.1 Å². The van der Waals surface area contributed by atoms with Gasteiger partial charge in [0.15, 0.2) is 5.75 Å². The zero-order chi connectivity index (χ0) is 14.5. The molecule has 4 N–H and O–H groups in total. The molecule has 5 heteroatoms. The van der Waals surface area contributed by atoms with Crippen LogP contribution in [0.15, 0.2) is 42.5 Å². The highest BCUT2D eigenvalue weighted by atomic mass is 16.5. The average molecular weight is 272 g/mol. The van der Waals surface area contributed by atoms with Gasteiger partial charge in [-0.05, 0) is 31.2 Å². The first kappa shape index (κ1) is 13.7. The Kier molecular flexibility index (Phi) is 4.10. The van der Waals surface area contributed by atoms with Crippen molar-refractivity contribution in [3.8, 4) is 17.2 Å². The minimum atomic E-state index is -0.587. The van der Waals surface area contributed by atoms with Crippen molar-refractivity contribution in [3.63, 3.8) is 0 Å². The molecule has 0 bridgehead atoms. The largest absolute Gasteiger partial charge is 0.494 e. The number of nitrogens with two attached hydrogens (primary N) is 2. The fourth-order valence-electron chi connectivity index (χ4n) is 1.77. The van der Waals surface area contributed by atoms with Gasteiger partial charge < -0.3 is 20.9 Å². The smallest absolute Gasteiger partial charge is 0.250 e. The fraction of sp³-hybridized carbons (Fsp3) is 0.133.